The highest BCUT2D eigenvalue weighted by Gasteiger charge is 2.19. The van der Waals surface area contributed by atoms with E-state index in [0.29, 0.717) is 6.04 Å². The van der Waals surface area contributed by atoms with E-state index in [1.165, 1.54) is 12.8 Å². The molecule has 1 aromatic carbocycles. The third-order valence-corrected chi connectivity index (χ3v) is 3.76. The Hall–Kier alpha value is -0.260. The minimum Gasteiger partial charge on any atom is -0.494 e. The highest BCUT2D eigenvalue weighted by Crippen LogP contribution is 2.35. The molecule has 0 heterocycles. The molecule has 0 aromatic heterocycles. The third kappa shape index (κ3) is 3.86. The molecule has 0 amide bonds. The normalized spacial score (nSPS) is 14.5. The van der Waals surface area contributed by atoms with E-state index in [4.69, 9.17) is 4.74 Å². The van der Waals surface area contributed by atoms with Gasteiger partial charge in [-0.15, -0.1) is 12.4 Å². The van der Waals surface area contributed by atoms with E-state index in [0.717, 1.165) is 20.3 Å². The van der Waals surface area contributed by atoms with E-state index in [-0.39, 0.29) is 12.4 Å². The van der Waals surface area contributed by atoms with E-state index in [9.17, 15) is 0 Å². The van der Waals surface area contributed by atoms with Crippen LogP contribution in [0.25, 0.3) is 0 Å². The molecule has 2 rings (SSSR count). The van der Waals surface area contributed by atoms with Crippen molar-refractivity contribution in [3.8, 4) is 5.75 Å². The van der Waals surface area contributed by atoms with Gasteiger partial charge < -0.3 is 10.2 Å². The maximum Gasteiger partial charge on any atom is 0.147 e. The number of methoxy groups -OCH3 is 1. The molecule has 0 spiro atoms. The van der Waals surface area contributed by atoms with E-state index >= 15 is 0 Å². The molecular formula is C11H13Br2ClN2O. The Balaban J connectivity index is 0.00000144. The number of halogens is 3. The number of rotatable bonds is 4. The fourth-order valence-corrected chi connectivity index (χ4v) is 2.63. The molecule has 1 fully saturated rings. The van der Waals surface area contributed by atoms with Crippen LogP contribution >= 0.6 is 44.3 Å². The van der Waals surface area contributed by atoms with Crippen molar-refractivity contribution in [2.24, 2.45) is 5.10 Å². The smallest absolute Gasteiger partial charge is 0.147 e. The zero-order chi connectivity index (χ0) is 11.5. The summed E-state index contributed by atoms with van der Waals surface area (Å²) in [5.41, 5.74) is 4.07. The summed E-state index contributed by atoms with van der Waals surface area (Å²) < 4.78 is 7.11. The van der Waals surface area contributed by atoms with Crippen LogP contribution in [0.2, 0.25) is 0 Å². The molecule has 0 saturated heterocycles. The maximum absolute atomic E-state index is 5.28. The first-order chi connectivity index (χ1) is 7.72. The predicted molar refractivity (Wildman–Crippen MR) is 79.4 cm³/mol. The van der Waals surface area contributed by atoms with Crippen LogP contribution in [0.3, 0.4) is 0 Å². The van der Waals surface area contributed by atoms with Gasteiger partial charge in [-0.1, -0.05) is 6.07 Å². The Morgan fingerprint density at radius 2 is 2.12 bits per heavy atom. The van der Waals surface area contributed by atoms with Crippen LogP contribution in [-0.2, 0) is 0 Å². The van der Waals surface area contributed by atoms with Crippen molar-refractivity contribution in [1.82, 2.24) is 5.43 Å². The van der Waals surface area contributed by atoms with Gasteiger partial charge in [0.2, 0.25) is 0 Å². The first-order valence-corrected chi connectivity index (χ1v) is 6.61. The van der Waals surface area contributed by atoms with Crippen molar-refractivity contribution < 1.29 is 4.74 Å². The molecule has 0 atom stereocenters. The number of hydrazone groups is 1. The Kier molecular flexibility index (Phi) is 5.76. The zero-order valence-electron chi connectivity index (χ0n) is 9.24. The average Bonchev–Trinajstić information content (AvgIpc) is 3.06. The number of hydrogen-bond donors (Lipinski definition) is 1. The fraction of sp³-hybridized carbons (Fsp3) is 0.364. The molecule has 17 heavy (non-hydrogen) atoms. The van der Waals surface area contributed by atoms with Gasteiger partial charge in [0.25, 0.3) is 0 Å². The van der Waals surface area contributed by atoms with Crippen molar-refractivity contribution in [3.63, 3.8) is 0 Å². The second-order valence-electron chi connectivity index (χ2n) is 3.65. The molecule has 1 aromatic rings. The quantitative estimate of drug-likeness (QED) is 0.634. The lowest BCUT2D eigenvalue weighted by Gasteiger charge is -2.07. The lowest BCUT2D eigenvalue weighted by atomic mass is 10.2. The summed E-state index contributed by atoms with van der Waals surface area (Å²) in [7, 11) is 1.65. The first-order valence-electron chi connectivity index (χ1n) is 5.03. The van der Waals surface area contributed by atoms with Crippen molar-refractivity contribution >= 4 is 50.5 Å². The number of hydrogen-bond acceptors (Lipinski definition) is 3. The van der Waals surface area contributed by atoms with Crippen LogP contribution in [0.1, 0.15) is 18.4 Å². The summed E-state index contributed by atoms with van der Waals surface area (Å²) in [5.74, 6) is 0.787. The Labute approximate surface area is 124 Å². The SMILES string of the molecule is COc1c(Br)ccc(/C=N/NC2CC2)c1Br.Cl. The molecule has 1 saturated carbocycles. The van der Waals surface area contributed by atoms with Gasteiger partial charge in [0.15, 0.2) is 0 Å². The average molecular weight is 384 g/mol. The van der Waals surface area contributed by atoms with Gasteiger partial charge in [0.1, 0.15) is 5.75 Å². The Bertz CT molecular complexity index is 422. The van der Waals surface area contributed by atoms with Crippen LogP contribution in [0.15, 0.2) is 26.2 Å². The van der Waals surface area contributed by atoms with Gasteiger partial charge in [-0.25, -0.2) is 0 Å². The van der Waals surface area contributed by atoms with Gasteiger partial charge in [-0.3, -0.25) is 0 Å². The minimum absolute atomic E-state index is 0. The van der Waals surface area contributed by atoms with Crippen LogP contribution in [-0.4, -0.2) is 19.4 Å². The first kappa shape index (κ1) is 14.8. The van der Waals surface area contributed by atoms with Gasteiger partial charge in [0, 0.05) is 11.6 Å². The molecular weight excluding hydrogens is 371 g/mol. The maximum atomic E-state index is 5.28. The number of ether oxygens (including phenoxy) is 1. The minimum atomic E-state index is 0. The highest BCUT2D eigenvalue weighted by atomic mass is 79.9. The molecule has 1 N–H and O–H groups in total. The molecule has 94 valence electrons. The Morgan fingerprint density at radius 3 is 2.71 bits per heavy atom. The van der Waals surface area contributed by atoms with Crippen LogP contribution < -0.4 is 10.2 Å². The van der Waals surface area contributed by atoms with Crippen LogP contribution in [0, 0.1) is 0 Å². The highest BCUT2D eigenvalue weighted by molar-refractivity contribution is 9.11. The van der Waals surface area contributed by atoms with E-state index < -0.39 is 0 Å². The molecule has 6 heteroatoms. The van der Waals surface area contributed by atoms with E-state index in [1.54, 1.807) is 13.3 Å². The van der Waals surface area contributed by atoms with Gasteiger partial charge in [0.05, 0.1) is 22.3 Å². The molecule has 0 aliphatic heterocycles. The van der Waals surface area contributed by atoms with E-state index in [2.05, 4.69) is 42.4 Å². The lowest BCUT2D eigenvalue weighted by Crippen LogP contribution is -2.07. The monoisotopic (exact) mass is 382 g/mol. The summed E-state index contributed by atoms with van der Waals surface area (Å²) in [6.07, 6.45) is 4.25. The van der Waals surface area contributed by atoms with E-state index in [1.807, 2.05) is 12.1 Å². The summed E-state index contributed by atoms with van der Waals surface area (Å²) in [6.45, 7) is 0. The lowest BCUT2D eigenvalue weighted by molar-refractivity contribution is 0.409. The standard InChI is InChI=1S/C11H12Br2N2O.ClH/c1-16-11-9(12)5-2-7(10(11)13)6-14-15-8-3-4-8;/h2,5-6,8,15H,3-4H2,1H3;1H/b14-6+;. The second kappa shape index (κ2) is 6.61. The summed E-state index contributed by atoms with van der Waals surface area (Å²) in [5, 5.41) is 4.19. The molecule has 1 aliphatic rings. The molecule has 0 bridgehead atoms. The van der Waals surface area contributed by atoms with Gasteiger partial charge in [-0.05, 0) is 50.8 Å². The fourth-order valence-electron chi connectivity index (χ4n) is 1.26. The predicted octanol–water partition coefficient (Wildman–Crippen LogP) is 3.73. The topological polar surface area (TPSA) is 33.6 Å². The second-order valence-corrected chi connectivity index (χ2v) is 5.29. The molecule has 0 unspecified atom stereocenters. The van der Waals surface area contributed by atoms with Crippen molar-refractivity contribution in [2.75, 3.05) is 7.11 Å². The molecule has 0 radical (unpaired) electrons. The van der Waals surface area contributed by atoms with Gasteiger partial charge >= 0.3 is 0 Å². The van der Waals surface area contributed by atoms with Crippen molar-refractivity contribution in [1.29, 1.82) is 0 Å². The Morgan fingerprint density at radius 1 is 1.41 bits per heavy atom. The summed E-state index contributed by atoms with van der Waals surface area (Å²) >= 11 is 6.93. The van der Waals surface area contributed by atoms with Crippen molar-refractivity contribution in [2.45, 2.75) is 18.9 Å². The number of benzene rings is 1. The van der Waals surface area contributed by atoms with Crippen LogP contribution in [0.5, 0.6) is 5.75 Å². The molecule has 3 nitrogen and oxygen atoms in total. The summed E-state index contributed by atoms with van der Waals surface area (Å²) in [4.78, 5) is 0. The third-order valence-electron chi connectivity index (χ3n) is 2.32. The van der Waals surface area contributed by atoms with Crippen LogP contribution in [0.4, 0.5) is 0 Å². The van der Waals surface area contributed by atoms with Crippen molar-refractivity contribution in [3.05, 3.63) is 26.6 Å². The summed E-state index contributed by atoms with van der Waals surface area (Å²) in [6, 6.07) is 4.50. The van der Waals surface area contributed by atoms with Gasteiger partial charge in [-0.2, -0.15) is 5.10 Å². The largest absolute Gasteiger partial charge is 0.494 e. The zero-order valence-corrected chi connectivity index (χ0v) is 13.2. The molecule has 1 aliphatic carbocycles. The number of nitrogens with one attached hydrogen (secondary N) is 1. The number of nitrogens with zero attached hydrogens (tertiary/aromatic N) is 1.